The molecule has 0 fully saturated rings. The highest BCUT2D eigenvalue weighted by Gasteiger charge is 2.11. The highest BCUT2D eigenvalue weighted by atomic mass is 32.1. The van der Waals surface area contributed by atoms with Gasteiger partial charge < -0.3 is 10.4 Å². The Labute approximate surface area is 96.8 Å². The molecule has 2 N–H and O–H groups in total. The predicted octanol–water partition coefficient (Wildman–Crippen LogP) is 1.05. The van der Waals surface area contributed by atoms with Gasteiger partial charge in [0.25, 0.3) is 0 Å². The van der Waals surface area contributed by atoms with E-state index in [4.69, 9.17) is 5.11 Å². The second-order valence-electron chi connectivity index (χ2n) is 3.19. The maximum absolute atomic E-state index is 11.3. The number of nitrogens with one attached hydrogen (secondary N) is 1. The highest BCUT2D eigenvalue weighted by molar-refractivity contribution is 7.09. The van der Waals surface area contributed by atoms with Crippen LogP contribution in [-0.2, 0) is 9.59 Å². The molecule has 0 saturated carbocycles. The zero-order chi connectivity index (χ0) is 12.1. The molecule has 5 nitrogen and oxygen atoms in total. The number of aliphatic carboxylic acids is 1. The summed E-state index contributed by atoms with van der Waals surface area (Å²) in [5, 5.41) is 13.6. The van der Waals surface area contributed by atoms with E-state index in [1.807, 2.05) is 12.3 Å². The molecule has 0 aliphatic heterocycles. The quantitative estimate of drug-likeness (QED) is 0.771. The van der Waals surface area contributed by atoms with E-state index in [1.54, 1.807) is 6.08 Å². The lowest BCUT2D eigenvalue weighted by atomic mass is 10.3. The van der Waals surface area contributed by atoms with Crippen molar-refractivity contribution in [2.24, 2.45) is 0 Å². The van der Waals surface area contributed by atoms with Gasteiger partial charge in [0.1, 0.15) is 6.04 Å². The summed E-state index contributed by atoms with van der Waals surface area (Å²) in [6, 6.07) is -0.894. The minimum Gasteiger partial charge on any atom is -0.480 e. The molecule has 1 rings (SSSR count). The lowest BCUT2D eigenvalue weighted by molar-refractivity contribution is -0.140. The van der Waals surface area contributed by atoms with Gasteiger partial charge in [0.15, 0.2) is 0 Å². The minimum atomic E-state index is -1.06. The van der Waals surface area contributed by atoms with E-state index < -0.39 is 17.9 Å². The fraction of sp³-hybridized carbons (Fsp3) is 0.300. The van der Waals surface area contributed by atoms with Crippen LogP contribution in [0.25, 0.3) is 6.08 Å². The second kappa shape index (κ2) is 5.41. The van der Waals surface area contributed by atoms with Crippen LogP contribution in [-0.4, -0.2) is 28.0 Å². The summed E-state index contributed by atoms with van der Waals surface area (Å²) >= 11 is 1.49. The molecule has 0 aliphatic rings. The largest absolute Gasteiger partial charge is 0.480 e. The van der Waals surface area contributed by atoms with Crippen LogP contribution in [0.5, 0.6) is 0 Å². The third-order valence-corrected chi connectivity index (χ3v) is 2.56. The lowest BCUT2D eigenvalue weighted by Gasteiger charge is -2.05. The molecule has 1 aromatic rings. The lowest BCUT2D eigenvalue weighted by Crippen LogP contribution is -2.37. The van der Waals surface area contributed by atoms with Crippen molar-refractivity contribution in [3.05, 3.63) is 22.2 Å². The molecule has 1 amide bonds. The maximum atomic E-state index is 11.3. The first kappa shape index (κ1) is 12.4. The molecular formula is C10H12N2O3S. The number of rotatable bonds is 4. The second-order valence-corrected chi connectivity index (χ2v) is 4.26. The first-order valence-corrected chi connectivity index (χ1v) is 5.50. The molecule has 1 atom stereocenters. The van der Waals surface area contributed by atoms with Gasteiger partial charge in [0.05, 0.1) is 10.7 Å². The molecule has 0 aromatic carbocycles. The Balaban J connectivity index is 2.51. The molecule has 0 aliphatic carbocycles. The fourth-order valence-corrected chi connectivity index (χ4v) is 1.52. The molecule has 1 aromatic heterocycles. The number of carbonyl (C=O) groups excluding carboxylic acids is 1. The summed E-state index contributed by atoms with van der Waals surface area (Å²) in [6.45, 7) is 3.27. The number of aromatic nitrogens is 1. The van der Waals surface area contributed by atoms with E-state index in [0.717, 1.165) is 5.01 Å². The van der Waals surface area contributed by atoms with E-state index in [0.29, 0.717) is 5.69 Å². The van der Waals surface area contributed by atoms with Gasteiger partial charge in [-0.05, 0) is 19.9 Å². The van der Waals surface area contributed by atoms with Crippen molar-refractivity contribution in [3.8, 4) is 0 Å². The van der Waals surface area contributed by atoms with Gasteiger partial charge in [-0.2, -0.15) is 0 Å². The third kappa shape index (κ3) is 3.82. The van der Waals surface area contributed by atoms with Crippen molar-refractivity contribution in [1.29, 1.82) is 0 Å². The van der Waals surface area contributed by atoms with Gasteiger partial charge in [0, 0.05) is 11.5 Å². The van der Waals surface area contributed by atoms with Crippen molar-refractivity contribution in [3.63, 3.8) is 0 Å². The maximum Gasteiger partial charge on any atom is 0.325 e. The Bertz CT molecular complexity index is 425. The number of carboxylic acid groups (broad SMARTS) is 1. The summed E-state index contributed by atoms with van der Waals surface area (Å²) in [4.78, 5) is 25.8. The topological polar surface area (TPSA) is 79.3 Å². The van der Waals surface area contributed by atoms with Gasteiger partial charge in [-0.1, -0.05) is 0 Å². The third-order valence-electron chi connectivity index (χ3n) is 1.77. The molecular weight excluding hydrogens is 228 g/mol. The Morgan fingerprint density at radius 3 is 2.81 bits per heavy atom. The number of hydrogen-bond donors (Lipinski definition) is 2. The van der Waals surface area contributed by atoms with Gasteiger partial charge >= 0.3 is 5.97 Å². The van der Waals surface area contributed by atoms with Crippen LogP contribution in [0.15, 0.2) is 11.5 Å². The van der Waals surface area contributed by atoms with Crippen molar-refractivity contribution < 1.29 is 14.7 Å². The molecule has 1 heterocycles. The molecule has 86 valence electrons. The number of thiazole rings is 1. The van der Waals surface area contributed by atoms with Gasteiger partial charge in [0.2, 0.25) is 5.91 Å². The van der Waals surface area contributed by atoms with Gasteiger partial charge in [-0.25, -0.2) is 4.98 Å². The molecule has 0 spiro atoms. The number of aryl methyl sites for hydroxylation is 1. The van der Waals surface area contributed by atoms with Gasteiger partial charge in [-0.15, -0.1) is 11.3 Å². The number of hydrogen-bond acceptors (Lipinski definition) is 4. The smallest absolute Gasteiger partial charge is 0.325 e. The molecule has 0 bridgehead atoms. The standard InChI is InChI=1S/C10H12N2O3S/c1-6(10(14)15)11-9(13)4-3-8-5-16-7(2)12-8/h3-6H,1-2H3,(H,11,13)(H,14,15)/b4-3+/t6-/m0/s1. The predicted molar refractivity (Wildman–Crippen MR) is 61.1 cm³/mol. The number of carboxylic acids is 1. The van der Waals surface area contributed by atoms with E-state index in [-0.39, 0.29) is 0 Å². The zero-order valence-corrected chi connectivity index (χ0v) is 9.75. The summed E-state index contributed by atoms with van der Waals surface area (Å²) in [5.74, 6) is -1.51. The Hall–Kier alpha value is -1.69. The van der Waals surface area contributed by atoms with Crippen molar-refractivity contribution in [2.45, 2.75) is 19.9 Å². The molecule has 0 saturated heterocycles. The van der Waals surface area contributed by atoms with Crippen LogP contribution >= 0.6 is 11.3 Å². The number of carbonyl (C=O) groups is 2. The van der Waals surface area contributed by atoms with E-state index in [9.17, 15) is 9.59 Å². The minimum absolute atomic E-state index is 0.444. The van der Waals surface area contributed by atoms with Crippen LogP contribution in [0.4, 0.5) is 0 Å². The first-order valence-electron chi connectivity index (χ1n) is 4.62. The fourth-order valence-electron chi connectivity index (χ4n) is 0.941. The van der Waals surface area contributed by atoms with Crippen LogP contribution < -0.4 is 5.32 Å². The van der Waals surface area contributed by atoms with Crippen LogP contribution in [0.2, 0.25) is 0 Å². The van der Waals surface area contributed by atoms with Crippen molar-refractivity contribution in [2.75, 3.05) is 0 Å². The van der Waals surface area contributed by atoms with Crippen LogP contribution in [0.3, 0.4) is 0 Å². The molecule has 16 heavy (non-hydrogen) atoms. The monoisotopic (exact) mass is 240 g/mol. The zero-order valence-electron chi connectivity index (χ0n) is 8.93. The van der Waals surface area contributed by atoms with Crippen molar-refractivity contribution >= 4 is 29.3 Å². The Morgan fingerprint density at radius 1 is 1.62 bits per heavy atom. The number of nitrogens with zero attached hydrogens (tertiary/aromatic N) is 1. The molecule has 0 radical (unpaired) electrons. The molecule has 0 unspecified atom stereocenters. The Morgan fingerprint density at radius 2 is 2.31 bits per heavy atom. The molecule has 6 heteroatoms. The van der Waals surface area contributed by atoms with Crippen LogP contribution in [0.1, 0.15) is 17.6 Å². The van der Waals surface area contributed by atoms with Gasteiger partial charge in [-0.3, -0.25) is 9.59 Å². The normalized spacial score (nSPS) is 12.6. The number of amides is 1. The summed E-state index contributed by atoms with van der Waals surface area (Å²) < 4.78 is 0. The van der Waals surface area contributed by atoms with E-state index >= 15 is 0 Å². The Kier molecular flexibility index (Phi) is 4.19. The summed E-state index contributed by atoms with van der Waals surface area (Å²) in [6.07, 6.45) is 2.82. The first-order chi connectivity index (χ1) is 7.49. The SMILES string of the molecule is Cc1nc(/C=C/C(=O)N[C@@H](C)C(=O)O)cs1. The average Bonchev–Trinajstić information content (AvgIpc) is 2.61. The van der Waals surface area contributed by atoms with E-state index in [1.165, 1.54) is 24.3 Å². The summed E-state index contributed by atoms with van der Waals surface area (Å²) in [7, 11) is 0. The van der Waals surface area contributed by atoms with E-state index in [2.05, 4.69) is 10.3 Å². The summed E-state index contributed by atoms with van der Waals surface area (Å²) in [5.41, 5.74) is 0.695. The average molecular weight is 240 g/mol. The highest BCUT2D eigenvalue weighted by Crippen LogP contribution is 2.08. The van der Waals surface area contributed by atoms with Crippen LogP contribution in [0, 0.1) is 6.92 Å². The van der Waals surface area contributed by atoms with Crippen molar-refractivity contribution in [1.82, 2.24) is 10.3 Å².